The van der Waals surface area contributed by atoms with E-state index >= 15 is 0 Å². The van der Waals surface area contributed by atoms with E-state index in [0.717, 1.165) is 6.08 Å². The molecule has 0 heterocycles. The number of hydrogen-bond acceptors (Lipinski definition) is 6. The maximum atomic E-state index is 12.4. The largest absolute Gasteiger partial charge is 0.545 e. The number of rotatable bonds is 7. The lowest BCUT2D eigenvalue weighted by Gasteiger charge is -2.12. The lowest BCUT2D eigenvalue weighted by atomic mass is 10.2. The van der Waals surface area contributed by atoms with Crippen LogP contribution in [0.2, 0.25) is 0 Å². The molecule has 0 aromatic heterocycles. The number of carboxylic acids is 1. The van der Waals surface area contributed by atoms with E-state index in [9.17, 15) is 19.5 Å². The Balaban J connectivity index is 2.08. The van der Waals surface area contributed by atoms with Gasteiger partial charge >= 0.3 is 0 Å². The molecule has 2 rings (SSSR count). The molecule has 0 radical (unpaired) electrons. The summed E-state index contributed by atoms with van der Waals surface area (Å²) in [5, 5.41) is 15.5. The van der Waals surface area contributed by atoms with Gasteiger partial charge in [-0.3, -0.25) is 9.59 Å². The molecule has 8 heteroatoms. The third-order valence-corrected chi connectivity index (χ3v) is 3.44. The number of methoxy groups -OCH3 is 2. The lowest BCUT2D eigenvalue weighted by Crippen LogP contribution is -2.20. The number of amides is 2. The Bertz CT molecular complexity index is 874. The summed E-state index contributed by atoms with van der Waals surface area (Å²) in [4.78, 5) is 34.2. The van der Waals surface area contributed by atoms with Crippen molar-refractivity contribution in [1.29, 1.82) is 0 Å². The van der Waals surface area contributed by atoms with Gasteiger partial charge in [-0.15, -0.1) is 0 Å². The van der Waals surface area contributed by atoms with Gasteiger partial charge in [0.2, 0.25) is 5.91 Å². The van der Waals surface area contributed by atoms with Crippen LogP contribution >= 0.6 is 0 Å². The first-order chi connectivity index (χ1) is 12.9. The van der Waals surface area contributed by atoms with Crippen LogP contribution in [-0.2, 0) is 9.59 Å². The van der Waals surface area contributed by atoms with Crippen LogP contribution in [0.4, 0.5) is 11.4 Å². The first kappa shape index (κ1) is 19.5. The maximum Gasteiger partial charge on any atom is 0.255 e. The molecule has 2 amide bonds. The van der Waals surface area contributed by atoms with Gasteiger partial charge in [0.1, 0.15) is 11.5 Å². The number of ether oxygens (including phenoxy) is 2. The second kappa shape index (κ2) is 9.04. The van der Waals surface area contributed by atoms with Gasteiger partial charge in [-0.2, -0.15) is 0 Å². The smallest absolute Gasteiger partial charge is 0.255 e. The molecule has 2 N–H and O–H groups in total. The maximum absolute atomic E-state index is 12.4. The molecule has 0 aliphatic carbocycles. The average molecular weight is 369 g/mol. The van der Waals surface area contributed by atoms with Crippen molar-refractivity contribution in [1.82, 2.24) is 0 Å². The van der Waals surface area contributed by atoms with Crippen LogP contribution in [0.5, 0.6) is 11.5 Å². The Labute approximate surface area is 155 Å². The van der Waals surface area contributed by atoms with Crippen LogP contribution in [0, 0.1) is 0 Å². The lowest BCUT2D eigenvalue weighted by molar-refractivity contribution is -0.297. The quantitative estimate of drug-likeness (QED) is 0.709. The number of nitrogens with one attached hydrogen (secondary N) is 2. The molecule has 2 aromatic carbocycles. The zero-order chi connectivity index (χ0) is 19.8. The zero-order valence-corrected chi connectivity index (χ0v) is 14.6. The number of aliphatic carboxylic acids is 1. The first-order valence-corrected chi connectivity index (χ1v) is 7.76. The van der Waals surface area contributed by atoms with Crippen molar-refractivity contribution < 1.29 is 29.0 Å². The summed E-state index contributed by atoms with van der Waals surface area (Å²) in [5.74, 6) is -1.43. The monoisotopic (exact) mass is 369 g/mol. The van der Waals surface area contributed by atoms with Crippen molar-refractivity contribution in [3.8, 4) is 11.5 Å². The number of carbonyl (C=O) groups excluding carboxylic acids is 3. The molecule has 2 aromatic rings. The van der Waals surface area contributed by atoms with Crippen LogP contribution in [0.1, 0.15) is 10.4 Å². The molecular weight excluding hydrogens is 352 g/mol. The second-order valence-corrected chi connectivity index (χ2v) is 5.24. The van der Waals surface area contributed by atoms with Gasteiger partial charge in [0.15, 0.2) is 0 Å². The molecule has 0 aliphatic rings. The summed E-state index contributed by atoms with van der Waals surface area (Å²) in [7, 11) is 3.01. The van der Waals surface area contributed by atoms with E-state index < -0.39 is 11.9 Å². The van der Waals surface area contributed by atoms with Gasteiger partial charge in [0.05, 0.1) is 25.9 Å². The summed E-state index contributed by atoms with van der Waals surface area (Å²) in [6, 6.07) is 11.1. The standard InChI is InChI=1S/C19H18N2O6/c1-26-14-7-8-16(27-2)15(11-14)21-19(25)12-3-5-13(6-4-12)20-17(22)9-10-18(23)24/h3-11H,1-2H3,(H,20,22)(H,21,25)(H,23,24)/p-1/b10-9-. The molecule has 0 atom stereocenters. The number of benzene rings is 2. The van der Waals surface area contributed by atoms with Gasteiger partial charge < -0.3 is 30.0 Å². The number of carbonyl (C=O) groups is 3. The summed E-state index contributed by atoms with van der Waals surface area (Å²) >= 11 is 0. The van der Waals surface area contributed by atoms with Gasteiger partial charge in [0, 0.05) is 23.4 Å². The van der Waals surface area contributed by atoms with Crippen LogP contribution in [0.15, 0.2) is 54.6 Å². The average Bonchev–Trinajstić information content (AvgIpc) is 2.66. The minimum atomic E-state index is -1.47. The Kier molecular flexibility index (Phi) is 6.54. The van der Waals surface area contributed by atoms with E-state index in [1.807, 2.05) is 0 Å². The Morgan fingerprint density at radius 3 is 2.22 bits per heavy atom. The molecule has 0 aliphatic heterocycles. The van der Waals surface area contributed by atoms with Crippen LogP contribution in [-0.4, -0.2) is 32.0 Å². The van der Waals surface area contributed by atoms with Gasteiger partial charge in [-0.1, -0.05) is 0 Å². The number of anilines is 2. The first-order valence-electron chi connectivity index (χ1n) is 7.76. The Hall–Kier alpha value is -3.81. The fraction of sp³-hybridized carbons (Fsp3) is 0.105. The van der Waals surface area contributed by atoms with Gasteiger partial charge in [0.25, 0.3) is 5.91 Å². The molecule has 27 heavy (non-hydrogen) atoms. The molecule has 0 bridgehead atoms. The molecular formula is C19H17N2O6-. The molecule has 0 unspecified atom stereocenters. The fourth-order valence-electron chi connectivity index (χ4n) is 2.14. The molecule has 8 nitrogen and oxygen atoms in total. The Morgan fingerprint density at radius 1 is 0.926 bits per heavy atom. The third kappa shape index (κ3) is 5.60. The number of hydrogen-bond donors (Lipinski definition) is 2. The van der Waals surface area contributed by atoms with Gasteiger partial charge in [-0.25, -0.2) is 0 Å². The van der Waals surface area contributed by atoms with Crippen molar-refractivity contribution in [2.45, 2.75) is 0 Å². The summed E-state index contributed by atoms with van der Waals surface area (Å²) in [6.45, 7) is 0. The van der Waals surface area contributed by atoms with E-state index in [-0.39, 0.29) is 5.91 Å². The van der Waals surface area contributed by atoms with Crippen molar-refractivity contribution in [2.75, 3.05) is 24.9 Å². The highest BCUT2D eigenvalue weighted by Gasteiger charge is 2.11. The van der Waals surface area contributed by atoms with Crippen molar-refractivity contribution in [3.05, 3.63) is 60.2 Å². The van der Waals surface area contributed by atoms with Gasteiger partial charge in [-0.05, 0) is 42.5 Å². The van der Waals surface area contributed by atoms with Crippen molar-refractivity contribution in [3.63, 3.8) is 0 Å². The topological polar surface area (TPSA) is 117 Å². The van der Waals surface area contributed by atoms with Crippen molar-refractivity contribution in [2.24, 2.45) is 0 Å². The second-order valence-electron chi connectivity index (χ2n) is 5.24. The summed E-state index contributed by atoms with van der Waals surface area (Å²) < 4.78 is 10.3. The highest BCUT2D eigenvalue weighted by atomic mass is 16.5. The molecule has 0 spiro atoms. The summed E-state index contributed by atoms with van der Waals surface area (Å²) in [5.41, 5.74) is 1.20. The summed E-state index contributed by atoms with van der Waals surface area (Å²) in [6.07, 6.45) is 1.46. The number of carboxylic acid groups (broad SMARTS) is 1. The zero-order valence-electron chi connectivity index (χ0n) is 14.6. The molecule has 0 fully saturated rings. The van der Waals surface area contributed by atoms with Crippen molar-refractivity contribution >= 4 is 29.2 Å². The Morgan fingerprint density at radius 2 is 1.63 bits per heavy atom. The van der Waals surface area contributed by atoms with E-state index in [2.05, 4.69) is 10.6 Å². The minimum Gasteiger partial charge on any atom is -0.545 e. The predicted molar refractivity (Wildman–Crippen MR) is 96.7 cm³/mol. The van der Waals surface area contributed by atoms with Crippen LogP contribution in [0.25, 0.3) is 0 Å². The van der Waals surface area contributed by atoms with E-state index in [4.69, 9.17) is 9.47 Å². The van der Waals surface area contributed by atoms with E-state index in [1.165, 1.54) is 38.5 Å². The highest BCUT2D eigenvalue weighted by Crippen LogP contribution is 2.29. The normalized spacial score (nSPS) is 10.3. The SMILES string of the molecule is COc1ccc(OC)c(NC(=O)c2ccc(NC(=O)/C=C\C(=O)[O-])cc2)c1. The minimum absolute atomic E-state index is 0.350. The third-order valence-electron chi connectivity index (χ3n) is 3.44. The highest BCUT2D eigenvalue weighted by molar-refractivity contribution is 6.06. The molecule has 0 saturated carbocycles. The van der Waals surface area contributed by atoms with E-state index in [0.29, 0.717) is 34.5 Å². The molecule has 0 saturated heterocycles. The predicted octanol–water partition coefficient (Wildman–Crippen LogP) is 1.20. The fourth-order valence-corrected chi connectivity index (χ4v) is 2.14. The van der Waals surface area contributed by atoms with Crippen LogP contribution in [0.3, 0.4) is 0 Å². The van der Waals surface area contributed by atoms with E-state index in [1.54, 1.807) is 18.2 Å². The molecule has 140 valence electrons. The van der Waals surface area contributed by atoms with Crippen LogP contribution < -0.4 is 25.2 Å².